The van der Waals surface area contributed by atoms with Crippen LogP contribution in [0, 0.1) is 11.8 Å². The minimum atomic E-state index is -0.772. The molecule has 7 heteroatoms. The number of hydrogen-bond acceptors (Lipinski definition) is 4. The fourth-order valence-electron chi connectivity index (χ4n) is 3.30. The predicted molar refractivity (Wildman–Crippen MR) is 85.1 cm³/mol. The molecule has 2 heterocycles. The molecule has 0 spiro atoms. The van der Waals surface area contributed by atoms with Crippen LogP contribution in [0.25, 0.3) is 0 Å². The molecule has 3 rings (SSSR count). The van der Waals surface area contributed by atoms with Crippen molar-refractivity contribution < 1.29 is 14.7 Å². The van der Waals surface area contributed by atoms with Crippen molar-refractivity contribution in [3.05, 3.63) is 12.3 Å². The molecular formula is C16H24N4O3. The summed E-state index contributed by atoms with van der Waals surface area (Å²) in [6, 6.07) is 2.11. The van der Waals surface area contributed by atoms with Gasteiger partial charge in [0.25, 0.3) is 0 Å². The lowest BCUT2D eigenvalue weighted by Gasteiger charge is -2.30. The Morgan fingerprint density at radius 2 is 2.22 bits per heavy atom. The van der Waals surface area contributed by atoms with Crippen LogP contribution in [0.15, 0.2) is 12.3 Å². The van der Waals surface area contributed by atoms with Crippen LogP contribution in [-0.4, -0.2) is 51.3 Å². The number of nitrogens with zero attached hydrogens (tertiary/aromatic N) is 3. The second-order valence-electron chi connectivity index (χ2n) is 6.70. The Bertz CT molecular complexity index is 582. The Hall–Kier alpha value is -1.89. The largest absolute Gasteiger partial charge is 0.481 e. The SMILES string of the molecule is CC(C1CC1)n1nccc1NC(=O)CN1CCCC(C(=O)O)C1. The molecule has 2 unspecified atom stereocenters. The van der Waals surface area contributed by atoms with Crippen LogP contribution in [0.3, 0.4) is 0 Å². The number of anilines is 1. The number of carbonyl (C=O) groups excluding carboxylic acids is 1. The maximum absolute atomic E-state index is 12.3. The van der Waals surface area contributed by atoms with Crippen LogP contribution in [-0.2, 0) is 9.59 Å². The van der Waals surface area contributed by atoms with Crippen molar-refractivity contribution in [2.75, 3.05) is 25.0 Å². The number of carboxylic acids is 1. The average molecular weight is 320 g/mol. The van der Waals surface area contributed by atoms with Gasteiger partial charge in [0.05, 0.1) is 24.7 Å². The summed E-state index contributed by atoms with van der Waals surface area (Å²) in [6.45, 7) is 3.57. The second kappa shape index (κ2) is 6.70. The first-order valence-corrected chi connectivity index (χ1v) is 8.33. The summed E-state index contributed by atoms with van der Waals surface area (Å²) in [5, 5.41) is 16.4. The van der Waals surface area contributed by atoms with E-state index in [1.807, 2.05) is 15.6 Å². The summed E-state index contributed by atoms with van der Waals surface area (Å²) in [5.41, 5.74) is 0. The number of amides is 1. The van der Waals surface area contributed by atoms with Crippen molar-refractivity contribution in [1.29, 1.82) is 0 Å². The highest BCUT2D eigenvalue weighted by Gasteiger charge is 2.31. The molecule has 1 aliphatic carbocycles. The zero-order valence-corrected chi connectivity index (χ0v) is 13.4. The summed E-state index contributed by atoms with van der Waals surface area (Å²) in [7, 11) is 0. The smallest absolute Gasteiger partial charge is 0.307 e. The Kier molecular flexibility index (Phi) is 4.66. The molecule has 2 atom stereocenters. The van der Waals surface area contributed by atoms with Crippen LogP contribution < -0.4 is 5.32 Å². The fraction of sp³-hybridized carbons (Fsp3) is 0.688. The lowest BCUT2D eigenvalue weighted by molar-refractivity contribution is -0.144. The minimum Gasteiger partial charge on any atom is -0.481 e. The molecule has 1 aliphatic heterocycles. The Morgan fingerprint density at radius 3 is 2.91 bits per heavy atom. The summed E-state index contributed by atoms with van der Waals surface area (Å²) in [4.78, 5) is 25.3. The van der Waals surface area contributed by atoms with Crippen molar-refractivity contribution in [3.8, 4) is 0 Å². The number of piperidine rings is 1. The van der Waals surface area contributed by atoms with E-state index in [1.165, 1.54) is 12.8 Å². The van der Waals surface area contributed by atoms with Gasteiger partial charge in [-0.1, -0.05) is 0 Å². The van der Waals surface area contributed by atoms with Crippen LogP contribution >= 0.6 is 0 Å². The molecule has 0 bridgehead atoms. The molecule has 0 radical (unpaired) electrons. The van der Waals surface area contributed by atoms with Crippen molar-refractivity contribution in [2.24, 2.45) is 11.8 Å². The quantitative estimate of drug-likeness (QED) is 0.831. The van der Waals surface area contributed by atoms with Gasteiger partial charge in [-0.3, -0.25) is 14.5 Å². The topological polar surface area (TPSA) is 87.5 Å². The van der Waals surface area contributed by atoms with Crippen LogP contribution in [0.4, 0.5) is 5.82 Å². The molecule has 1 saturated carbocycles. The van der Waals surface area contributed by atoms with Gasteiger partial charge in [0, 0.05) is 12.6 Å². The number of rotatable bonds is 6. The third-order valence-electron chi connectivity index (χ3n) is 4.85. The van der Waals surface area contributed by atoms with Crippen molar-refractivity contribution >= 4 is 17.7 Å². The van der Waals surface area contributed by atoms with Gasteiger partial charge in [0.15, 0.2) is 0 Å². The lowest BCUT2D eigenvalue weighted by atomic mass is 9.98. The first-order chi connectivity index (χ1) is 11.0. The Morgan fingerprint density at radius 1 is 1.43 bits per heavy atom. The van der Waals surface area contributed by atoms with E-state index in [1.54, 1.807) is 6.20 Å². The number of nitrogens with one attached hydrogen (secondary N) is 1. The number of carboxylic acid groups (broad SMARTS) is 1. The first-order valence-electron chi connectivity index (χ1n) is 8.33. The molecule has 126 valence electrons. The molecule has 23 heavy (non-hydrogen) atoms. The van der Waals surface area contributed by atoms with Crippen molar-refractivity contribution in [2.45, 2.75) is 38.6 Å². The van der Waals surface area contributed by atoms with E-state index in [0.29, 0.717) is 24.9 Å². The standard InChI is InChI=1S/C16H24N4O3/c1-11(12-4-5-12)20-14(6-7-17-20)18-15(21)10-19-8-2-3-13(9-19)16(22)23/h6-7,11-13H,2-5,8-10H2,1H3,(H,18,21)(H,22,23). The molecule has 0 aromatic carbocycles. The summed E-state index contributed by atoms with van der Waals surface area (Å²) in [5.74, 6) is 0.134. The number of likely N-dealkylation sites (tertiary alicyclic amines) is 1. The van der Waals surface area contributed by atoms with Crippen molar-refractivity contribution in [1.82, 2.24) is 14.7 Å². The van der Waals surface area contributed by atoms with E-state index in [-0.39, 0.29) is 18.4 Å². The predicted octanol–water partition coefficient (Wildman–Crippen LogP) is 1.59. The van der Waals surface area contributed by atoms with E-state index in [4.69, 9.17) is 5.11 Å². The number of hydrogen-bond donors (Lipinski definition) is 2. The average Bonchev–Trinajstić information content (AvgIpc) is 3.27. The van der Waals surface area contributed by atoms with Gasteiger partial charge in [-0.05, 0) is 45.1 Å². The van der Waals surface area contributed by atoms with Crippen LogP contribution in [0.2, 0.25) is 0 Å². The monoisotopic (exact) mass is 320 g/mol. The van der Waals surface area contributed by atoms with E-state index >= 15 is 0 Å². The highest BCUT2D eigenvalue weighted by Crippen LogP contribution is 2.40. The third kappa shape index (κ3) is 3.90. The van der Waals surface area contributed by atoms with Gasteiger partial charge in [0.1, 0.15) is 5.82 Å². The zero-order valence-electron chi connectivity index (χ0n) is 13.4. The van der Waals surface area contributed by atoms with E-state index in [9.17, 15) is 9.59 Å². The van der Waals surface area contributed by atoms with Gasteiger partial charge in [0.2, 0.25) is 5.91 Å². The normalized spacial score (nSPS) is 23.4. The minimum absolute atomic E-state index is 0.110. The van der Waals surface area contributed by atoms with Gasteiger partial charge in [-0.25, -0.2) is 4.68 Å². The maximum atomic E-state index is 12.3. The molecular weight excluding hydrogens is 296 g/mol. The number of carbonyl (C=O) groups is 2. The Balaban J connectivity index is 1.55. The molecule has 2 N–H and O–H groups in total. The summed E-state index contributed by atoms with van der Waals surface area (Å²) >= 11 is 0. The van der Waals surface area contributed by atoms with E-state index in [0.717, 1.165) is 18.8 Å². The molecule has 1 saturated heterocycles. The maximum Gasteiger partial charge on any atom is 0.307 e. The summed E-state index contributed by atoms with van der Waals surface area (Å²) < 4.78 is 1.88. The lowest BCUT2D eigenvalue weighted by Crippen LogP contribution is -2.42. The zero-order chi connectivity index (χ0) is 16.4. The van der Waals surface area contributed by atoms with E-state index < -0.39 is 5.97 Å². The van der Waals surface area contributed by atoms with Gasteiger partial charge in [-0.2, -0.15) is 5.10 Å². The van der Waals surface area contributed by atoms with Crippen LogP contribution in [0.1, 0.15) is 38.6 Å². The third-order valence-corrected chi connectivity index (χ3v) is 4.85. The van der Waals surface area contributed by atoms with Gasteiger partial charge >= 0.3 is 5.97 Å². The molecule has 7 nitrogen and oxygen atoms in total. The second-order valence-corrected chi connectivity index (χ2v) is 6.70. The van der Waals surface area contributed by atoms with Gasteiger partial charge in [-0.15, -0.1) is 0 Å². The fourth-order valence-corrected chi connectivity index (χ4v) is 3.30. The first kappa shape index (κ1) is 16.0. The summed E-state index contributed by atoms with van der Waals surface area (Å²) in [6.07, 6.45) is 5.66. The highest BCUT2D eigenvalue weighted by atomic mass is 16.4. The van der Waals surface area contributed by atoms with Crippen molar-refractivity contribution in [3.63, 3.8) is 0 Å². The molecule has 2 fully saturated rings. The Labute approximate surface area is 135 Å². The molecule has 1 aromatic heterocycles. The highest BCUT2D eigenvalue weighted by molar-refractivity contribution is 5.91. The molecule has 1 amide bonds. The van der Waals surface area contributed by atoms with Crippen LogP contribution in [0.5, 0.6) is 0 Å². The molecule has 2 aliphatic rings. The molecule has 1 aromatic rings. The number of aromatic nitrogens is 2. The number of aliphatic carboxylic acids is 1. The van der Waals surface area contributed by atoms with E-state index in [2.05, 4.69) is 17.3 Å². The van der Waals surface area contributed by atoms with Gasteiger partial charge < -0.3 is 10.4 Å².